The molecule has 0 radical (unpaired) electrons. The third-order valence-corrected chi connectivity index (χ3v) is 4.22. The van der Waals surface area contributed by atoms with Crippen molar-refractivity contribution in [2.24, 2.45) is 0 Å². The number of carbonyl (C=O) groups excluding carboxylic acids is 1. The highest BCUT2D eigenvalue weighted by Crippen LogP contribution is 2.26. The molecule has 0 bridgehead atoms. The van der Waals surface area contributed by atoms with Crippen LogP contribution in [0.1, 0.15) is 39.5 Å². The third kappa shape index (κ3) is 3.45. The highest BCUT2D eigenvalue weighted by atomic mass is 16.2. The van der Waals surface area contributed by atoms with Gasteiger partial charge in [0.05, 0.1) is 6.54 Å². The van der Waals surface area contributed by atoms with E-state index in [-0.39, 0.29) is 0 Å². The lowest BCUT2D eigenvalue weighted by Crippen LogP contribution is -2.48. The topological polar surface area (TPSA) is 35.6 Å². The number of amides is 1. The molecular formula is C14H27N3O. The number of carbonyl (C=O) groups is 1. The van der Waals surface area contributed by atoms with Crippen molar-refractivity contribution >= 4 is 5.91 Å². The van der Waals surface area contributed by atoms with E-state index in [4.69, 9.17) is 0 Å². The molecule has 4 heteroatoms. The van der Waals surface area contributed by atoms with Gasteiger partial charge in [0.2, 0.25) is 5.91 Å². The van der Waals surface area contributed by atoms with Crippen molar-refractivity contribution in [1.29, 1.82) is 0 Å². The molecule has 104 valence electrons. The van der Waals surface area contributed by atoms with Crippen LogP contribution in [0.5, 0.6) is 0 Å². The van der Waals surface area contributed by atoms with Gasteiger partial charge < -0.3 is 10.2 Å². The molecule has 2 rings (SSSR count). The average molecular weight is 253 g/mol. The smallest absolute Gasteiger partial charge is 0.236 e. The van der Waals surface area contributed by atoms with E-state index in [1.165, 1.54) is 25.7 Å². The summed E-state index contributed by atoms with van der Waals surface area (Å²) >= 11 is 0. The Kier molecular flexibility index (Phi) is 5.01. The van der Waals surface area contributed by atoms with E-state index in [9.17, 15) is 4.79 Å². The van der Waals surface area contributed by atoms with Gasteiger partial charge in [-0.25, -0.2) is 0 Å². The number of hydrogen-bond donors (Lipinski definition) is 1. The number of hydrogen-bond acceptors (Lipinski definition) is 3. The fourth-order valence-electron chi connectivity index (χ4n) is 2.96. The summed E-state index contributed by atoms with van der Waals surface area (Å²) in [6.07, 6.45) is 4.77. The Morgan fingerprint density at radius 1 is 1.06 bits per heavy atom. The molecule has 1 saturated heterocycles. The van der Waals surface area contributed by atoms with Crippen LogP contribution in [0.25, 0.3) is 0 Å². The molecule has 4 nitrogen and oxygen atoms in total. The molecule has 0 aromatic rings. The Balaban J connectivity index is 1.85. The summed E-state index contributed by atoms with van der Waals surface area (Å²) in [5.74, 6) is 0.334. The maximum Gasteiger partial charge on any atom is 0.236 e. The zero-order chi connectivity index (χ0) is 13.0. The second kappa shape index (κ2) is 6.53. The standard InChI is InChI=1S/C14H27N3O/c1-3-16(12-7-9-15-10-8-12)11-14(18)17(4-2)13-5-6-13/h12-13,15H,3-11H2,1-2H3. The minimum Gasteiger partial charge on any atom is -0.339 e. The summed E-state index contributed by atoms with van der Waals surface area (Å²) < 4.78 is 0. The summed E-state index contributed by atoms with van der Waals surface area (Å²) in [7, 11) is 0. The zero-order valence-corrected chi connectivity index (χ0v) is 11.8. The first-order chi connectivity index (χ1) is 8.76. The van der Waals surface area contributed by atoms with Crippen LogP contribution in [0, 0.1) is 0 Å². The molecule has 0 spiro atoms. The van der Waals surface area contributed by atoms with Gasteiger partial charge in [-0.3, -0.25) is 9.69 Å². The van der Waals surface area contributed by atoms with Crippen molar-refractivity contribution in [2.45, 2.75) is 51.6 Å². The largest absolute Gasteiger partial charge is 0.339 e. The predicted molar refractivity (Wildman–Crippen MR) is 73.5 cm³/mol. The van der Waals surface area contributed by atoms with E-state index >= 15 is 0 Å². The first-order valence-corrected chi connectivity index (χ1v) is 7.50. The molecule has 1 aliphatic carbocycles. The van der Waals surface area contributed by atoms with Gasteiger partial charge >= 0.3 is 0 Å². The minimum atomic E-state index is 0.334. The van der Waals surface area contributed by atoms with Crippen molar-refractivity contribution in [1.82, 2.24) is 15.1 Å². The Hall–Kier alpha value is -0.610. The molecule has 1 amide bonds. The van der Waals surface area contributed by atoms with Gasteiger partial charge in [-0.1, -0.05) is 6.92 Å². The minimum absolute atomic E-state index is 0.334. The molecule has 1 N–H and O–H groups in total. The number of nitrogens with one attached hydrogen (secondary N) is 1. The van der Waals surface area contributed by atoms with E-state index in [2.05, 4.69) is 29.0 Å². The average Bonchev–Trinajstić information content (AvgIpc) is 3.22. The van der Waals surface area contributed by atoms with Crippen LogP contribution in [-0.4, -0.2) is 60.5 Å². The van der Waals surface area contributed by atoms with E-state index in [1.807, 2.05) is 0 Å². The third-order valence-electron chi connectivity index (χ3n) is 4.22. The maximum absolute atomic E-state index is 12.3. The molecule has 2 fully saturated rings. The number of piperidine rings is 1. The first kappa shape index (κ1) is 13.8. The lowest BCUT2D eigenvalue weighted by Gasteiger charge is -2.34. The highest BCUT2D eigenvalue weighted by Gasteiger charge is 2.32. The summed E-state index contributed by atoms with van der Waals surface area (Å²) in [6.45, 7) is 8.92. The van der Waals surface area contributed by atoms with Crippen LogP contribution in [0.3, 0.4) is 0 Å². The summed E-state index contributed by atoms with van der Waals surface area (Å²) in [5, 5.41) is 3.39. The van der Waals surface area contributed by atoms with E-state index in [0.717, 1.165) is 26.2 Å². The monoisotopic (exact) mass is 253 g/mol. The molecule has 0 aromatic carbocycles. The molecular weight excluding hydrogens is 226 g/mol. The zero-order valence-electron chi connectivity index (χ0n) is 11.8. The normalized spacial score (nSPS) is 21.3. The molecule has 1 saturated carbocycles. The van der Waals surface area contributed by atoms with Crippen molar-refractivity contribution in [2.75, 3.05) is 32.7 Å². The molecule has 18 heavy (non-hydrogen) atoms. The Morgan fingerprint density at radius 3 is 2.22 bits per heavy atom. The lowest BCUT2D eigenvalue weighted by molar-refractivity contribution is -0.133. The van der Waals surface area contributed by atoms with E-state index in [1.54, 1.807) is 0 Å². The van der Waals surface area contributed by atoms with Gasteiger partial charge in [0.25, 0.3) is 0 Å². The van der Waals surface area contributed by atoms with Gasteiger partial charge in [-0.2, -0.15) is 0 Å². The second-order valence-electron chi connectivity index (χ2n) is 5.46. The van der Waals surface area contributed by atoms with Gasteiger partial charge in [0.15, 0.2) is 0 Å². The lowest BCUT2D eigenvalue weighted by atomic mass is 10.0. The quantitative estimate of drug-likeness (QED) is 0.769. The summed E-state index contributed by atoms with van der Waals surface area (Å²) in [4.78, 5) is 16.8. The summed E-state index contributed by atoms with van der Waals surface area (Å²) in [5.41, 5.74) is 0. The van der Waals surface area contributed by atoms with Gasteiger partial charge in [-0.05, 0) is 52.2 Å². The Bertz CT molecular complexity index is 272. The number of nitrogens with zero attached hydrogens (tertiary/aromatic N) is 2. The van der Waals surface area contributed by atoms with Crippen LogP contribution in [-0.2, 0) is 4.79 Å². The fourth-order valence-corrected chi connectivity index (χ4v) is 2.96. The van der Waals surface area contributed by atoms with Gasteiger partial charge in [0.1, 0.15) is 0 Å². The SMILES string of the molecule is CCN(CC(=O)N(CC)C1CC1)C1CCNCC1. The number of rotatable bonds is 6. The van der Waals surface area contributed by atoms with Crippen molar-refractivity contribution < 1.29 is 4.79 Å². The second-order valence-corrected chi connectivity index (χ2v) is 5.46. The van der Waals surface area contributed by atoms with Gasteiger partial charge in [-0.15, -0.1) is 0 Å². The molecule has 1 heterocycles. The van der Waals surface area contributed by atoms with Gasteiger partial charge in [0, 0.05) is 18.6 Å². The van der Waals surface area contributed by atoms with Crippen LogP contribution in [0.4, 0.5) is 0 Å². The molecule has 2 aliphatic rings. The Morgan fingerprint density at radius 2 is 1.72 bits per heavy atom. The first-order valence-electron chi connectivity index (χ1n) is 7.50. The molecule has 0 aromatic heterocycles. The van der Waals surface area contributed by atoms with Crippen molar-refractivity contribution in [3.05, 3.63) is 0 Å². The predicted octanol–water partition coefficient (Wildman–Crippen LogP) is 1.07. The van der Waals surface area contributed by atoms with E-state index < -0.39 is 0 Å². The maximum atomic E-state index is 12.3. The number of likely N-dealkylation sites (N-methyl/N-ethyl adjacent to an activating group) is 2. The van der Waals surface area contributed by atoms with Crippen LogP contribution < -0.4 is 5.32 Å². The molecule has 0 atom stereocenters. The molecule has 1 aliphatic heterocycles. The van der Waals surface area contributed by atoms with Crippen molar-refractivity contribution in [3.63, 3.8) is 0 Å². The highest BCUT2D eigenvalue weighted by molar-refractivity contribution is 5.79. The molecule has 0 unspecified atom stereocenters. The van der Waals surface area contributed by atoms with Crippen molar-refractivity contribution in [3.8, 4) is 0 Å². The van der Waals surface area contributed by atoms with Crippen LogP contribution >= 0.6 is 0 Å². The fraction of sp³-hybridized carbons (Fsp3) is 0.929. The summed E-state index contributed by atoms with van der Waals surface area (Å²) in [6, 6.07) is 1.15. The Labute approximate surface area is 111 Å². The van der Waals surface area contributed by atoms with Crippen LogP contribution in [0.2, 0.25) is 0 Å². The van der Waals surface area contributed by atoms with E-state index in [0.29, 0.717) is 24.5 Å². The van der Waals surface area contributed by atoms with Crippen LogP contribution in [0.15, 0.2) is 0 Å².